The van der Waals surface area contributed by atoms with Crippen molar-refractivity contribution in [2.24, 2.45) is 17.3 Å². The molecular formula is C18H25NO2. The summed E-state index contributed by atoms with van der Waals surface area (Å²) in [6.45, 7) is 4.47. The molecule has 3 heteroatoms. The standard InChI is InChI=1S/C18H25NO2/c1-13(2)14-8-10-18(12-19,11-9-14)17(20)15-6-4-5-7-16(15)21-3/h4-7,13-14,17,20H,8-11H2,1-3H3. The Balaban J connectivity index is 2.24. The van der Waals surface area contributed by atoms with Gasteiger partial charge < -0.3 is 9.84 Å². The number of rotatable bonds is 4. The molecule has 3 nitrogen and oxygen atoms in total. The van der Waals surface area contributed by atoms with Gasteiger partial charge in [-0.15, -0.1) is 0 Å². The molecule has 1 fully saturated rings. The van der Waals surface area contributed by atoms with Gasteiger partial charge in [-0.1, -0.05) is 32.0 Å². The third kappa shape index (κ3) is 3.06. The van der Waals surface area contributed by atoms with Crippen LogP contribution in [0.2, 0.25) is 0 Å². The summed E-state index contributed by atoms with van der Waals surface area (Å²) in [5, 5.41) is 20.5. The number of aliphatic hydroxyl groups excluding tert-OH is 1. The summed E-state index contributed by atoms with van der Waals surface area (Å²) in [4.78, 5) is 0. The molecular weight excluding hydrogens is 262 g/mol. The van der Waals surface area contributed by atoms with Crippen LogP contribution < -0.4 is 4.74 Å². The van der Waals surface area contributed by atoms with Crippen LogP contribution in [0.25, 0.3) is 0 Å². The number of para-hydroxylation sites is 1. The van der Waals surface area contributed by atoms with Crippen molar-refractivity contribution < 1.29 is 9.84 Å². The molecule has 0 saturated heterocycles. The molecule has 0 amide bonds. The van der Waals surface area contributed by atoms with Crippen LogP contribution in [0.5, 0.6) is 5.75 Å². The van der Waals surface area contributed by atoms with Crippen LogP contribution >= 0.6 is 0 Å². The molecule has 1 aliphatic rings. The number of hydrogen-bond donors (Lipinski definition) is 1. The zero-order valence-electron chi connectivity index (χ0n) is 13.2. The molecule has 1 atom stereocenters. The summed E-state index contributed by atoms with van der Waals surface area (Å²) in [6.07, 6.45) is 2.75. The Morgan fingerprint density at radius 2 is 1.90 bits per heavy atom. The van der Waals surface area contributed by atoms with Crippen LogP contribution in [0.3, 0.4) is 0 Å². The van der Waals surface area contributed by atoms with Gasteiger partial charge in [-0.2, -0.15) is 5.26 Å². The van der Waals surface area contributed by atoms with E-state index in [2.05, 4.69) is 19.9 Å². The van der Waals surface area contributed by atoms with Crippen molar-refractivity contribution in [3.63, 3.8) is 0 Å². The van der Waals surface area contributed by atoms with Gasteiger partial charge in [0, 0.05) is 5.56 Å². The van der Waals surface area contributed by atoms with Crippen LogP contribution in [0.1, 0.15) is 51.2 Å². The predicted molar refractivity (Wildman–Crippen MR) is 82.8 cm³/mol. The fourth-order valence-electron chi connectivity index (χ4n) is 3.46. The lowest BCUT2D eigenvalue weighted by Crippen LogP contribution is -2.33. The molecule has 114 valence electrons. The second kappa shape index (κ2) is 6.49. The van der Waals surface area contributed by atoms with Crippen molar-refractivity contribution in [1.82, 2.24) is 0 Å². The van der Waals surface area contributed by atoms with Gasteiger partial charge in [0.1, 0.15) is 11.9 Å². The van der Waals surface area contributed by atoms with E-state index < -0.39 is 11.5 Å². The molecule has 1 aromatic carbocycles. The molecule has 1 aromatic rings. The first-order chi connectivity index (χ1) is 10.0. The topological polar surface area (TPSA) is 53.2 Å². The van der Waals surface area contributed by atoms with Gasteiger partial charge in [0.15, 0.2) is 0 Å². The van der Waals surface area contributed by atoms with Crippen molar-refractivity contribution >= 4 is 0 Å². The molecule has 0 radical (unpaired) electrons. The molecule has 1 saturated carbocycles. The second-order valence-electron chi connectivity index (χ2n) is 6.49. The maximum absolute atomic E-state index is 10.8. The Morgan fingerprint density at radius 3 is 2.43 bits per heavy atom. The Kier molecular flexibility index (Phi) is 4.90. The summed E-state index contributed by atoms with van der Waals surface area (Å²) in [6, 6.07) is 9.88. The van der Waals surface area contributed by atoms with E-state index in [1.165, 1.54) is 0 Å². The molecule has 0 heterocycles. The normalized spacial score (nSPS) is 27.1. The molecule has 0 spiro atoms. The quantitative estimate of drug-likeness (QED) is 0.907. The molecule has 2 rings (SSSR count). The van der Waals surface area contributed by atoms with Crippen LogP contribution in [-0.4, -0.2) is 12.2 Å². The fourth-order valence-corrected chi connectivity index (χ4v) is 3.46. The van der Waals surface area contributed by atoms with Crippen molar-refractivity contribution in [2.45, 2.75) is 45.6 Å². The van der Waals surface area contributed by atoms with E-state index in [0.29, 0.717) is 17.6 Å². The van der Waals surface area contributed by atoms with E-state index in [4.69, 9.17) is 4.74 Å². The lowest BCUT2D eigenvalue weighted by atomic mass is 9.65. The van der Waals surface area contributed by atoms with Crippen LogP contribution in [0.15, 0.2) is 24.3 Å². The van der Waals surface area contributed by atoms with E-state index >= 15 is 0 Å². The third-order valence-electron chi connectivity index (χ3n) is 5.04. The largest absolute Gasteiger partial charge is 0.496 e. The average Bonchev–Trinajstić information content (AvgIpc) is 2.54. The molecule has 0 bridgehead atoms. The lowest BCUT2D eigenvalue weighted by molar-refractivity contribution is 0.0176. The molecule has 0 aromatic heterocycles. The fraction of sp³-hybridized carbons (Fsp3) is 0.611. The highest BCUT2D eigenvalue weighted by Gasteiger charge is 2.43. The van der Waals surface area contributed by atoms with Gasteiger partial charge in [0.2, 0.25) is 0 Å². The average molecular weight is 287 g/mol. The van der Waals surface area contributed by atoms with E-state index in [-0.39, 0.29) is 0 Å². The van der Waals surface area contributed by atoms with Crippen molar-refractivity contribution in [1.29, 1.82) is 5.26 Å². The van der Waals surface area contributed by atoms with Gasteiger partial charge in [0.25, 0.3) is 0 Å². The van der Waals surface area contributed by atoms with Gasteiger partial charge in [0.05, 0.1) is 18.6 Å². The Hall–Kier alpha value is -1.53. The number of benzene rings is 1. The minimum Gasteiger partial charge on any atom is -0.496 e. The summed E-state index contributed by atoms with van der Waals surface area (Å²) < 4.78 is 5.34. The number of nitrogens with zero attached hydrogens (tertiary/aromatic N) is 1. The lowest BCUT2D eigenvalue weighted by Gasteiger charge is -2.39. The molecule has 1 aliphatic carbocycles. The maximum Gasteiger partial charge on any atom is 0.124 e. The van der Waals surface area contributed by atoms with Gasteiger partial charge in [-0.05, 0) is 43.6 Å². The second-order valence-corrected chi connectivity index (χ2v) is 6.49. The number of nitriles is 1. The number of aliphatic hydroxyl groups is 1. The highest BCUT2D eigenvalue weighted by molar-refractivity contribution is 5.37. The van der Waals surface area contributed by atoms with Crippen molar-refractivity contribution in [3.8, 4) is 11.8 Å². The predicted octanol–water partition coefficient (Wildman–Crippen LogP) is 4.08. The zero-order chi connectivity index (χ0) is 15.5. The first-order valence-corrected chi connectivity index (χ1v) is 7.76. The third-order valence-corrected chi connectivity index (χ3v) is 5.04. The summed E-state index contributed by atoms with van der Waals surface area (Å²) in [5.74, 6) is 1.96. The zero-order valence-corrected chi connectivity index (χ0v) is 13.2. The number of ether oxygens (including phenoxy) is 1. The molecule has 21 heavy (non-hydrogen) atoms. The van der Waals surface area contributed by atoms with Crippen molar-refractivity contribution in [2.75, 3.05) is 7.11 Å². The molecule has 1 N–H and O–H groups in total. The monoisotopic (exact) mass is 287 g/mol. The summed E-state index contributed by atoms with van der Waals surface area (Å²) >= 11 is 0. The SMILES string of the molecule is COc1ccccc1C(O)C1(C#N)CCC(C(C)C)CC1. The van der Waals surface area contributed by atoms with Gasteiger partial charge >= 0.3 is 0 Å². The highest BCUT2D eigenvalue weighted by Crippen LogP contribution is 2.49. The molecule has 0 aliphatic heterocycles. The van der Waals surface area contributed by atoms with Crippen molar-refractivity contribution in [3.05, 3.63) is 29.8 Å². The summed E-state index contributed by atoms with van der Waals surface area (Å²) in [7, 11) is 1.60. The Morgan fingerprint density at radius 1 is 1.29 bits per heavy atom. The molecule has 1 unspecified atom stereocenters. The van der Waals surface area contributed by atoms with E-state index in [0.717, 1.165) is 31.2 Å². The minimum atomic E-state index is -0.785. The Labute approximate surface area is 127 Å². The maximum atomic E-state index is 10.8. The number of methoxy groups -OCH3 is 1. The first-order valence-electron chi connectivity index (χ1n) is 7.76. The van der Waals surface area contributed by atoms with E-state index in [9.17, 15) is 10.4 Å². The summed E-state index contributed by atoms with van der Waals surface area (Å²) in [5.41, 5.74) is 0.0459. The smallest absolute Gasteiger partial charge is 0.124 e. The van der Waals surface area contributed by atoms with Gasteiger partial charge in [-0.25, -0.2) is 0 Å². The van der Waals surface area contributed by atoms with E-state index in [1.807, 2.05) is 24.3 Å². The number of hydrogen-bond acceptors (Lipinski definition) is 3. The highest BCUT2D eigenvalue weighted by atomic mass is 16.5. The first kappa shape index (κ1) is 15.9. The Bertz CT molecular complexity index is 510. The van der Waals surface area contributed by atoms with Crippen LogP contribution in [0, 0.1) is 28.6 Å². The van der Waals surface area contributed by atoms with E-state index in [1.54, 1.807) is 7.11 Å². The minimum absolute atomic E-state index is 0.644. The van der Waals surface area contributed by atoms with Crippen LogP contribution in [0.4, 0.5) is 0 Å². The van der Waals surface area contributed by atoms with Gasteiger partial charge in [-0.3, -0.25) is 0 Å². The van der Waals surface area contributed by atoms with Crippen LogP contribution in [-0.2, 0) is 0 Å².